The van der Waals surface area contributed by atoms with E-state index in [-0.39, 0.29) is 28.1 Å². The van der Waals surface area contributed by atoms with E-state index in [9.17, 15) is 9.59 Å². The van der Waals surface area contributed by atoms with E-state index in [1.807, 2.05) is 0 Å². The van der Waals surface area contributed by atoms with Crippen molar-refractivity contribution in [1.29, 1.82) is 0 Å². The predicted octanol–water partition coefficient (Wildman–Crippen LogP) is 4.52. The van der Waals surface area contributed by atoms with Crippen molar-refractivity contribution in [1.82, 2.24) is 5.32 Å². The number of nitrogens with one attached hydrogen (secondary N) is 1. The summed E-state index contributed by atoms with van der Waals surface area (Å²) in [5.74, 6) is 2.79. The highest BCUT2D eigenvalue weighted by Crippen LogP contribution is 2.65. The zero-order valence-electron chi connectivity index (χ0n) is 17.1. The van der Waals surface area contributed by atoms with Gasteiger partial charge < -0.3 is 5.32 Å². The standard InChI is InChI=1S/C23H35NO2/c1-21(2,3)20(26)17-8-7-15-14-6-9-18-23(5,13-11-19(25)24-18)16(14)10-12-22(15,17)4/h11,13-18H,6-10,12H2,1-5H3,(H,24,25)/t14-,15-,16-,17+,18+,22-,23+/m0/s1. The average Bonchev–Trinajstić information content (AvgIpc) is 2.91. The minimum atomic E-state index is -0.237. The second kappa shape index (κ2) is 5.69. The second-order valence-electron chi connectivity index (χ2n) is 11.0. The van der Waals surface area contributed by atoms with Crippen LogP contribution in [0.4, 0.5) is 0 Å². The van der Waals surface area contributed by atoms with Crippen LogP contribution in [0, 0.1) is 39.9 Å². The molecule has 1 aliphatic heterocycles. The van der Waals surface area contributed by atoms with Gasteiger partial charge in [-0.1, -0.05) is 40.7 Å². The zero-order chi connectivity index (χ0) is 18.9. The molecule has 144 valence electrons. The molecule has 7 atom stereocenters. The molecule has 4 rings (SSSR count). The van der Waals surface area contributed by atoms with E-state index in [0.29, 0.717) is 29.6 Å². The molecule has 0 unspecified atom stereocenters. The summed E-state index contributed by atoms with van der Waals surface area (Å²) in [7, 11) is 0. The van der Waals surface area contributed by atoms with Crippen LogP contribution in [0.25, 0.3) is 0 Å². The fourth-order valence-corrected chi connectivity index (χ4v) is 7.29. The molecule has 4 aliphatic rings. The Labute approximate surface area is 158 Å². The SMILES string of the molecule is CC(C)(C)C(=O)[C@H]1CC[C@H]2[C@@H]3CC[C@H]4NC(=O)C=C[C@]4(C)[C@H]3CC[C@]12C. The van der Waals surface area contributed by atoms with Gasteiger partial charge in [-0.25, -0.2) is 0 Å². The van der Waals surface area contributed by atoms with Crippen molar-refractivity contribution in [3.05, 3.63) is 12.2 Å². The summed E-state index contributed by atoms with van der Waals surface area (Å²) in [6.07, 6.45) is 10.9. The van der Waals surface area contributed by atoms with Crippen LogP contribution in [-0.4, -0.2) is 17.7 Å². The third kappa shape index (κ3) is 2.45. The van der Waals surface area contributed by atoms with Crippen molar-refractivity contribution >= 4 is 11.7 Å². The molecule has 3 nitrogen and oxygen atoms in total. The molecular formula is C23H35NO2. The van der Waals surface area contributed by atoms with Crippen LogP contribution in [-0.2, 0) is 9.59 Å². The third-order valence-electron chi connectivity index (χ3n) is 8.74. The first kappa shape index (κ1) is 18.3. The Morgan fingerprint density at radius 1 is 1.08 bits per heavy atom. The van der Waals surface area contributed by atoms with Gasteiger partial charge in [-0.05, 0) is 67.8 Å². The number of hydrogen-bond acceptors (Lipinski definition) is 2. The largest absolute Gasteiger partial charge is 0.349 e. The zero-order valence-corrected chi connectivity index (χ0v) is 17.1. The van der Waals surface area contributed by atoms with E-state index >= 15 is 0 Å². The van der Waals surface area contributed by atoms with Crippen LogP contribution in [0.3, 0.4) is 0 Å². The van der Waals surface area contributed by atoms with E-state index in [2.05, 4.69) is 46.0 Å². The third-order valence-corrected chi connectivity index (χ3v) is 8.74. The number of carbonyl (C=O) groups excluding carboxylic acids is 2. The Kier molecular flexibility index (Phi) is 3.99. The summed E-state index contributed by atoms with van der Waals surface area (Å²) in [5, 5.41) is 3.23. The van der Waals surface area contributed by atoms with E-state index in [4.69, 9.17) is 0 Å². The fraction of sp³-hybridized carbons (Fsp3) is 0.826. The van der Waals surface area contributed by atoms with Gasteiger partial charge in [0.1, 0.15) is 5.78 Å². The van der Waals surface area contributed by atoms with Crippen molar-refractivity contribution in [2.75, 3.05) is 0 Å². The van der Waals surface area contributed by atoms with E-state index in [1.165, 1.54) is 19.3 Å². The van der Waals surface area contributed by atoms with Gasteiger partial charge in [0.05, 0.1) is 0 Å². The van der Waals surface area contributed by atoms with Gasteiger partial charge >= 0.3 is 0 Å². The highest BCUT2D eigenvalue weighted by atomic mass is 16.1. The van der Waals surface area contributed by atoms with E-state index < -0.39 is 0 Å². The first-order valence-electron chi connectivity index (χ1n) is 10.6. The summed E-state index contributed by atoms with van der Waals surface area (Å²) in [6, 6.07) is 0.291. The van der Waals surface area contributed by atoms with Gasteiger partial charge in [0, 0.05) is 22.8 Å². The molecular weight excluding hydrogens is 322 g/mol. The summed E-state index contributed by atoms with van der Waals surface area (Å²) in [6.45, 7) is 11.0. The number of fused-ring (bicyclic) bond motifs is 5. The lowest BCUT2D eigenvalue weighted by molar-refractivity contribution is -0.139. The lowest BCUT2D eigenvalue weighted by Crippen LogP contribution is -2.59. The van der Waals surface area contributed by atoms with E-state index in [1.54, 1.807) is 6.08 Å². The first-order chi connectivity index (χ1) is 12.1. The summed E-state index contributed by atoms with van der Waals surface area (Å²) >= 11 is 0. The molecule has 1 amide bonds. The summed E-state index contributed by atoms with van der Waals surface area (Å²) < 4.78 is 0. The van der Waals surface area contributed by atoms with Gasteiger partial charge in [0.25, 0.3) is 0 Å². The Bertz CT molecular complexity index is 660. The monoisotopic (exact) mass is 357 g/mol. The smallest absolute Gasteiger partial charge is 0.243 e. The maximum atomic E-state index is 13.2. The second-order valence-corrected chi connectivity index (χ2v) is 11.0. The summed E-state index contributed by atoms with van der Waals surface area (Å²) in [5.41, 5.74) is 0.0279. The Morgan fingerprint density at radius 3 is 2.50 bits per heavy atom. The van der Waals surface area contributed by atoms with Crippen molar-refractivity contribution in [3.63, 3.8) is 0 Å². The minimum Gasteiger partial charge on any atom is -0.349 e. The molecule has 0 aromatic heterocycles. The van der Waals surface area contributed by atoms with Crippen molar-refractivity contribution in [3.8, 4) is 0 Å². The van der Waals surface area contributed by atoms with Gasteiger partial charge in [0.15, 0.2) is 0 Å². The van der Waals surface area contributed by atoms with E-state index in [0.717, 1.165) is 19.3 Å². The molecule has 3 aliphatic carbocycles. The highest BCUT2D eigenvalue weighted by Gasteiger charge is 2.61. The molecule has 0 aromatic rings. The van der Waals surface area contributed by atoms with Gasteiger partial charge in [-0.2, -0.15) is 0 Å². The van der Waals surface area contributed by atoms with Crippen molar-refractivity contribution in [2.45, 2.75) is 79.2 Å². The fourth-order valence-electron chi connectivity index (χ4n) is 7.29. The molecule has 3 fully saturated rings. The molecule has 1 N–H and O–H groups in total. The minimum absolute atomic E-state index is 0.0725. The normalized spacial score (nSPS) is 47.6. The maximum Gasteiger partial charge on any atom is 0.243 e. The Hall–Kier alpha value is -1.12. The summed E-state index contributed by atoms with van der Waals surface area (Å²) in [4.78, 5) is 25.0. The predicted molar refractivity (Wildman–Crippen MR) is 103 cm³/mol. The van der Waals surface area contributed by atoms with Crippen molar-refractivity contribution < 1.29 is 9.59 Å². The van der Waals surface area contributed by atoms with Crippen LogP contribution in [0.2, 0.25) is 0 Å². The number of rotatable bonds is 1. The van der Waals surface area contributed by atoms with Crippen molar-refractivity contribution in [2.24, 2.45) is 39.9 Å². The molecule has 3 heteroatoms. The molecule has 0 radical (unpaired) electrons. The van der Waals surface area contributed by atoms with Gasteiger partial charge in [-0.3, -0.25) is 9.59 Å². The number of ketones is 1. The molecule has 0 spiro atoms. The van der Waals surface area contributed by atoms with Crippen LogP contribution in [0.15, 0.2) is 12.2 Å². The number of hydrogen-bond donors (Lipinski definition) is 1. The number of carbonyl (C=O) groups is 2. The lowest BCUT2D eigenvalue weighted by Gasteiger charge is -2.59. The lowest BCUT2D eigenvalue weighted by atomic mass is 9.47. The highest BCUT2D eigenvalue weighted by molar-refractivity contribution is 5.89. The number of Topliss-reactive ketones (excluding diaryl/α,β-unsaturated/α-hetero) is 1. The average molecular weight is 358 g/mol. The quantitative estimate of drug-likeness (QED) is 0.750. The molecule has 0 saturated heterocycles. The topological polar surface area (TPSA) is 46.2 Å². The Morgan fingerprint density at radius 2 is 1.81 bits per heavy atom. The van der Waals surface area contributed by atoms with Crippen LogP contribution < -0.4 is 5.32 Å². The van der Waals surface area contributed by atoms with Crippen LogP contribution in [0.1, 0.15) is 73.1 Å². The van der Waals surface area contributed by atoms with Gasteiger partial charge in [-0.15, -0.1) is 0 Å². The maximum absolute atomic E-state index is 13.2. The molecule has 3 saturated carbocycles. The molecule has 0 bridgehead atoms. The number of amides is 1. The van der Waals surface area contributed by atoms with Crippen LogP contribution in [0.5, 0.6) is 0 Å². The molecule has 0 aromatic carbocycles. The molecule has 1 heterocycles. The van der Waals surface area contributed by atoms with Crippen LogP contribution >= 0.6 is 0 Å². The Balaban J connectivity index is 1.63. The molecule has 26 heavy (non-hydrogen) atoms. The van der Waals surface area contributed by atoms with Gasteiger partial charge in [0.2, 0.25) is 5.91 Å². The first-order valence-corrected chi connectivity index (χ1v) is 10.6.